The molecular weight excluding hydrogens is 224 g/mol. The Morgan fingerprint density at radius 2 is 2.11 bits per heavy atom. The topological polar surface area (TPSA) is 32.3 Å². The normalized spacial score (nSPS) is 19.1. The number of amides is 1. The minimum Gasteiger partial charge on any atom is -0.309 e. The van der Waals surface area contributed by atoms with Crippen molar-refractivity contribution in [3.05, 3.63) is 29.3 Å². The number of para-hydroxylation sites is 1. The zero-order chi connectivity index (χ0) is 13.3. The number of benzene rings is 1. The van der Waals surface area contributed by atoms with Crippen molar-refractivity contribution in [2.75, 3.05) is 18.0 Å². The Morgan fingerprint density at radius 1 is 1.39 bits per heavy atom. The summed E-state index contributed by atoms with van der Waals surface area (Å²) in [5.41, 5.74) is 3.52. The fraction of sp³-hybridized carbons (Fsp3) is 0.533. The average molecular weight is 246 g/mol. The summed E-state index contributed by atoms with van der Waals surface area (Å²) in [6.07, 6.45) is 0.953. The molecule has 1 amide bonds. The highest BCUT2D eigenvalue weighted by Gasteiger charge is 2.32. The molecule has 1 N–H and O–H groups in total. The highest BCUT2D eigenvalue weighted by molar-refractivity contribution is 5.97. The first-order valence-electron chi connectivity index (χ1n) is 6.58. The van der Waals surface area contributed by atoms with Crippen molar-refractivity contribution in [2.45, 2.75) is 39.7 Å². The number of piperazine rings is 1. The van der Waals surface area contributed by atoms with Gasteiger partial charge in [0.25, 0.3) is 0 Å². The maximum absolute atomic E-state index is 12.2. The Balaban J connectivity index is 2.43. The standard InChI is InChI=1S/C15H22N2O/c1-5-12-8-6-7-11(2)14(12)17-10-15(3,4)16-9-13(17)18/h6-8,16H,5,9-10H2,1-4H3. The SMILES string of the molecule is CCc1cccc(C)c1N1CC(C)(C)NCC1=O. The molecule has 2 rings (SSSR count). The molecule has 3 nitrogen and oxygen atoms in total. The molecule has 1 aliphatic rings. The Morgan fingerprint density at radius 3 is 2.78 bits per heavy atom. The molecule has 3 heteroatoms. The highest BCUT2D eigenvalue weighted by Crippen LogP contribution is 2.28. The number of carbonyl (C=O) groups is 1. The summed E-state index contributed by atoms with van der Waals surface area (Å²) in [4.78, 5) is 14.1. The first-order chi connectivity index (χ1) is 8.44. The summed E-state index contributed by atoms with van der Waals surface area (Å²) in [6, 6.07) is 6.26. The number of rotatable bonds is 2. The van der Waals surface area contributed by atoms with Crippen molar-refractivity contribution in [3.63, 3.8) is 0 Å². The monoisotopic (exact) mass is 246 g/mol. The molecule has 0 atom stereocenters. The van der Waals surface area contributed by atoms with E-state index in [2.05, 4.69) is 51.2 Å². The van der Waals surface area contributed by atoms with Crippen molar-refractivity contribution >= 4 is 11.6 Å². The van der Waals surface area contributed by atoms with Gasteiger partial charge in [-0.05, 0) is 38.3 Å². The first kappa shape index (κ1) is 13.1. The van der Waals surface area contributed by atoms with Gasteiger partial charge in [0.05, 0.1) is 6.54 Å². The lowest BCUT2D eigenvalue weighted by atomic mass is 9.98. The molecule has 1 saturated heterocycles. The van der Waals surface area contributed by atoms with Crippen molar-refractivity contribution in [2.24, 2.45) is 0 Å². The number of carbonyl (C=O) groups excluding carboxylic acids is 1. The molecule has 1 fully saturated rings. The summed E-state index contributed by atoms with van der Waals surface area (Å²) < 4.78 is 0. The van der Waals surface area contributed by atoms with E-state index in [-0.39, 0.29) is 11.4 Å². The second-order valence-electron chi connectivity index (χ2n) is 5.65. The average Bonchev–Trinajstić information content (AvgIpc) is 2.32. The second-order valence-corrected chi connectivity index (χ2v) is 5.65. The van der Waals surface area contributed by atoms with Crippen LogP contribution in [0.2, 0.25) is 0 Å². The van der Waals surface area contributed by atoms with Gasteiger partial charge in [0.15, 0.2) is 0 Å². The zero-order valence-corrected chi connectivity index (χ0v) is 11.7. The fourth-order valence-electron chi connectivity index (χ4n) is 2.54. The Hall–Kier alpha value is -1.35. The Labute approximate surface area is 109 Å². The van der Waals surface area contributed by atoms with E-state index >= 15 is 0 Å². The summed E-state index contributed by atoms with van der Waals surface area (Å²) in [6.45, 7) is 9.63. The van der Waals surface area contributed by atoms with E-state index in [1.165, 1.54) is 11.1 Å². The number of anilines is 1. The van der Waals surface area contributed by atoms with E-state index in [4.69, 9.17) is 0 Å². The van der Waals surface area contributed by atoms with E-state index in [0.717, 1.165) is 18.7 Å². The zero-order valence-electron chi connectivity index (χ0n) is 11.7. The maximum Gasteiger partial charge on any atom is 0.241 e. The molecule has 1 aliphatic heterocycles. The molecule has 0 bridgehead atoms. The maximum atomic E-state index is 12.2. The van der Waals surface area contributed by atoms with Crippen LogP contribution < -0.4 is 10.2 Å². The largest absolute Gasteiger partial charge is 0.309 e. The van der Waals surface area contributed by atoms with Crippen molar-refractivity contribution in [3.8, 4) is 0 Å². The quantitative estimate of drug-likeness (QED) is 0.868. The molecule has 0 aromatic heterocycles. The van der Waals surface area contributed by atoms with E-state index in [1.807, 2.05) is 4.90 Å². The minimum absolute atomic E-state index is 0.0266. The molecule has 1 aromatic rings. The summed E-state index contributed by atoms with van der Waals surface area (Å²) in [5, 5.41) is 3.27. The van der Waals surface area contributed by atoms with Crippen LogP contribution in [0.3, 0.4) is 0 Å². The van der Waals surface area contributed by atoms with Crippen molar-refractivity contribution < 1.29 is 4.79 Å². The van der Waals surface area contributed by atoms with Crippen LogP contribution in [0.15, 0.2) is 18.2 Å². The van der Waals surface area contributed by atoms with Gasteiger partial charge in [-0.15, -0.1) is 0 Å². The second kappa shape index (κ2) is 4.73. The van der Waals surface area contributed by atoms with Crippen LogP contribution in [0, 0.1) is 6.92 Å². The third-order valence-electron chi connectivity index (χ3n) is 3.54. The van der Waals surface area contributed by atoms with E-state index < -0.39 is 0 Å². The van der Waals surface area contributed by atoms with Crippen LogP contribution >= 0.6 is 0 Å². The molecule has 18 heavy (non-hydrogen) atoms. The lowest BCUT2D eigenvalue weighted by Crippen LogP contribution is -2.60. The van der Waals surface area contributed by atoms with Gasteiger partial charge in [0.2, 0.25) is 5.91 Å². The Kier molecular flexibility index (Phi) is 3.44. The summed E-state index contributed by atoms with van der Waals surface area (Å²) in [7, 11) is 0. The molecule has 0 radical (unpaired) electrons. The molecule has 1 aromatic carbocycles. The van der Waals surface area contributed by atoms with Gasteiger partial charge in [-0.2, -0.15) is 0 Å². The molecule has 1 heterocycles. The van der Waals surface area contributed by atoms with Crippen LogP contribution in [-0.4, -0.2) is 24.5 Å². The number of aryl methyl sites for hydroxylation is 2. The van der Waals surface area contributed by atoms with Crippen LogP contribution in [0.5, 0.6) is 0 Å². The molecule has 0 aliphatic carbocycles. The van der Waals surface area contributed by atoms with Crippen LogP contribution in [-0.2, 0) is 11.2 Å². The van der Waals surface area contributed by atoms with Crippen LogP contribution in [0.1, 0.15) is 31.9 Å². The van der Waals surface area contributed by atoms with Gasteiger partial charge in [-0.25, -0.2) is 0 Å². The summed E-state index contributed by atoms with van der Waals surface area (Å²) >= 11 is 0. The molecule has 0 saturated carbocycles. The van der Waals surface area contributed by atoms with Gasteiger partial charge in [-0.3, -0.25) is 4.79 Å². The fourth-order valence-corrected chi connectivity index (χ4v) is 2.54. The number of nitrogens with one attached hydrogen (secondary N) is 1. The predicted molar refractivity (Wildman–Crippen MR) is 75.0 cm³/mol. The van der Waals surface area contributed by atoms with Crippen molar-refractivity contribution in [1.29, 1.82) is 0 Å². The molecule has 0 spiro atoms. The number of hydrogen-bond acceptors (Lipinski definition) is 2. The van der Waals surface area contributed by atoms with E-state index in [1.54, 1.807) is 0 Å². The van der Waals surface area contributed by atoms with Crippen molar-refractivity contribution in [1.82, 2.24) is 5.32 Å². The highest BCUT2D eigenvalue weighted by atomic mass is 16.2. The van der Waals surface area contributed by atoms with Gasteiger partial charge in [0, 0.05) is 17.8 Å². The lowest BCUT2D eigenvalue weighted by molar-refractivity contribution is -0.119. The van der Waals surface area contributed by atoms with Gasteiger partial charge < -0.3 is 10.2 Å². The Bertz CT molecular complexity index is 466. The number of nitrogens with zero attached hydrogens (tertiary/aromatic N) is 1. The van der Waals surface area contributed by atoms with Gasteiger partial charge in [0.1, 0.15) is 0 Å². The third kappa shape index (κ3) is 2.41. The smallest absolute Gasteiger partial charge is 0.241 e. The molecule has 0 unspecified atom stereocenters. The third-order valence-corrected chi connectivity index (χ3v) is 3.54. The minimum atomic E-state index is -0.0266. The van der Waals surface area contributed by atoms with Crippen LogP contribution in [0.25, 0.3) is 0 Å². The molecular formula is C15H22N2O. The van der Waals surface area contributed by atoms with Gasteiger partial charge in [-0.1, -0.05) is 25.1 Å². The van der Waals surface area contributed by atoms with E-state index in [9.17, 15) is 4.79 Å². The van der Waals surface area contributed by atoms with Gasteiger partial charge >= 0.3 is 0 Å². The number of hydrogen-bond donors (Lipinski definition) is 1. The lowest BCUT2D eigenvalue weighted by Gasteiger charge is -2.40. The first-order valence-corrected chi connectivity index (χ1v) is 6.58. The van der Waals surface area contributed by atoms with Crippen LogP contribution in [0.4, 0.5) is 5.69 Å². The summed E-state index contributed by atoms with van der Waals surface area (Å²) in [5.74, 6) is 0.165. The van der Waals surface area contributed by atoms with E-state index in [0.29, 0.717) is 6.54 Å². The predicted octanol–water partition coefficient (Wildman–Crippen LogP) is 2.27. The molecule has 98 valence electrons.